The molecule has 2 unspecified atom stereocenters. The highest BCUT2D eigenvalue weighted by Crippen LogP contribution is 2.22. The fourth-order valence-corrected chi connectivity index (χ4v) is 5.04. The molecular weight excluding hydrogens is 584 g/mol. The van der Waals surface area contributed by atoms with Gasteiger partial charge < -0.3 is 27.8 Å². The van der Waals surface area contributed by atoms with Crippen molar-refractivity contribution < 1.29 is 24.0 Å². The van der Waals surface area contributed by atoms with E-state index >= 15 is 0 Å². The first kappa shape index (κ1) is 37.8. The molecule has 46 heavy (non-hydrogen) atoms. The largest absolute Gasteiger partial charge is 0.368 e. The van der Waals surface area contributed by atoms with Gasteiger partial charge in [-0.3, -0.25) is 28.9 Å². The van der Waals surface area contributed by atoms with Gasteiger partial charge in [-0.15, -0.1) is 0 Å². The Morgan fingerprint density at radius 3 is 1.67 bits per heavy atom. The molecule has 2 aromatic rings. The Labute approximate surface area is 272 Å². The second kappa shape index (κ2) is 18.0. The van der Waals surface area contributed by atoms with E-state index in [1.807, 2.05) is 60.7 Å². The van der Waals surface area contributed by atoms with Crippen molar-refractivity contribution in [3.63, 3.8) is 0 Å². The van der Waals surface area contributed by atoms with Gasteiger partial charge in [0.1, 0.15) is 18.1 Å². The fraction of sp³-hybridized carbons (Fsp3) is 0.457. The summed E-state index contributed by atoms with van der Waals surface area (Å²) in [5.74, 6) is -5.35. The van der Waals surface area contributed by atoms with Gasteiger partial charge in [0, 0.05) is 6.04 Å². The minimum Gasteiger partial charge on any atom is -0.368 e. The number of imide groups is 1. The number of benzene rings is 2. The van der Waals surface area contributed by atoms with Crippen LogP contribution in [0.15, 0.2) is 72.8 Å². The van der Waals surface area contributed by atoms with E-state index in [1.54, 1.807) is 39.8 Å². The van der Waals surface area contributed by atoms with Crippen LogP contribution in [-0.4, -0.2) is 64.6 Å². The van der Waals surface area contributed by atoms with Gasteiger partial charge in [0.05, 0.1) is 12.0 Å². The van der Waals surface area contributed by atoms with Crippen LogP contribution in [0.25, 0.3) is 0 Å². The summed E-state index contributed by atoms with van der Waals surface area (Å²) in [4.78, 5) is 68.1. The molecule has 0 aliphatic rings. The topological polar surface area (TPSA) is 191 Å². The molecule has 0 fully saturated rings. The average Bonchev–Trinajstić information content (AvgIpc) is 3.00. The van der Waals surface area contributed by atoms with Gasteiger partial charge in [-0.2, -0.15) is 0 Å². The molecule has 5 amide bonds. The number of carbonyl (C=O) groups excluding carboxylic acids is 5. The number of hydrogen-bond donors (Lipinski definition) is 5. The number of rotatable bonds is 16. The minimum atomic E-state index is -1.33. The molecule has 8 N–H and O–H groups in total. The smallest absolute Gasteiger partial charge is 0.252 e. The second-order valence-electron chi connectivity index (χ2n) is 12.4. The van der Waals surface area contributed by atoms with Gasteiger partial charge in [-0.25, -0.2) is 0 Å². The van der Waals surface area contributed by atoms with E-state index in [9.17, 15) is 24.0 Å². The van der Waals surface area contributed by atoms with Gasteiger partial charge in [0.15, 0.2) is 0 Å². The summed E-state index contributed by atoms with van der Waals surface area (Å²) in [6.07, 6.45) is 4.13. The molecule has 11 heteroatoms. The third-order valence-corrected chi connectivity index (χ3v) is 7.59. The SMILES string of the molecule is CC(C)[C@H](NC(=O)[C@H](C(C)C)N(C(=O)C(/C=C/C(N)Cc1ccccc1)Cc1ccccc1)C(=O)[C@H](C)NC(=O)[C@H](C)N)C(N)=O. The molecule has 2 aromatic carbocycles. The van der Waals surface area contributed by atoms with Crippen LogP contribution in [0.1, 0.15) is 52.7 Å². The quantitative estimate of drug-likeness (QED) is 0.174. The molecule has 11 nitrogen and oxygen atoms in total. The first-order valence-corrected chi connectivity index (χ1v) is 15.7. The van der Waals surface area contributed by atoms with E-state index in [1.165, 1.54) is 13.8 Å². The van der Waals surface area contributed by atoms with E-state index < -0.39 is 71.6 Å². The van der Waals surface area contributed by atoms with Crippen molar-refractivity contribution in [3.05, 3.63) is 83.9 Å². The van der Waals surface area contributed by atoms with Gasteiger partial charge in [0.25, 0.3) is 5.91 Å². The van der Waals surface area contributed by atoms with E-state index in [4.69, 9.17) is 17.2 Å². The maximum Gasteiger partial charge on any atom is 0.252 e. The predicted molar refractivity (Wildman–Crippen MR) is 179 cm³/mol. The van der Waals surface area contributed by atoms with Crippen LogP contribution in [0.2, 0.25) is 0 Å². The summed E-state index contributed by atoms with van der Waals surface area (Å²) in [6.45, 7) is 9.72. The summed E-state index contributed by atoms with van der Waals surface area (Å²) in [5.41, 5.74) is 19.6. The Hall–Kier alpha value is -4.35. The molecule has 0 bridgehead atoms. The zero-order chi connectivity index (χ0) is 34.6. The van der Waals surface area contributed by atoms with E-state index in [0.717, 1.165) is 16.0 Å². The van der Waals surface area contributed by atoms with E-state index in [2.05, 4.69) is 10.6 Å². The zero-order valence-corrected chi connectivity index (χ0v) is 27.7. The summed E-state index contributed by atoms with van der Waals surface area (Å²) < 4.78 is 0. The number of amides is 5. The lowest BCUT2D eigenvalue weighted by molar-refractivity contribution is -0.157. The monoisotopic (exact) mass is 634 g/mol. The lowest BCUT2D eigenvalue weighted by Crippen LogP contribution is -2.62. The number of primary amides is 1. The standard InChI is InChI=1S/C35H50N6O5/c1-21(2)29(31(38)42)40-33(44)30(22(3)4)41(34(45)24(6)39-32(43)23(5)36)35(46)27(19-25-13-9-7-10-14-25)17-18-28(37)20-26-15-11-8-12-16-26/h7-18,21-24,27-30H,19-20,36-37H2,1-6H3,(H2,38,42)(H,39,43)(H,40,44)/b18-17+/t23-,24-,27?,28?,29-,30-/m0/s1. The molecule has 250 valence electrons. The third-order valence-electron chi connectivity index (χ3n) is 7.59. The van der Waals surface area contributed by atoms with Crippen molar-refractivity contribution in [3.8, 4) is 0 Å². The zero-order valence-electron chi connectivity index (χ0n) is 27.7. The maximum atomic E-state index is 14.6. The Morgan fingerprint density at radius 1 is 0.696 bits per heavy atom. The van der Waals surface area contributed by atoms with Crippen molar-refractivity contribution in [1.29, 1.82) is 0 Å². The number of nitrogens with one attached hydrogen (secondary N) is 2. The van der Waals surface area contributed by atoms with Crippen LogP contribution in [0, 0.1) is 17.8 Å². The first-order valence-electron chi connectivity index (χ1n) is 15.7. The molecule has 0 heterocycles. The van der Waals surface area contributed by atoms with Crippen LogP contribution >= 0.6 is 0 Å². The minimum absolute atomic E-state index is 0.209. The lowest BCUT2D eigenvalue weighted by Gasteiger charge is -2.36. The normalized spacial score (nSPS) is 15.4. The molecule has 0 saturated carbocycles. The molecule has 0 aliphatic carbocycles. The Bertz CT molecular complexity index is 1350. The molecule has 0 aliphatic heterocycles. The van der Waals surface area contributed by atoms with Gasteiger partial charge >= 0.3 is 0 Å². The predicted octanol–water partition coefficient (Wildman–Crippen LogP) is 1.83. The average molecular weight is 635 g/mol. The number of nitrogens with two attached hydrogens (primary N) is 3. The summed E-state index contributed by atoms with van der Waals surface area (Å²) in [5, 5.41) is 5.19. The van der Waals surface area contributed by atoms with Crippen molar-refractivity contribution >= 4 is 29.5 Å². The Kier molecular flexibility index (Phi) is 14.8. The highest BCUT2D eigenvalue weighted by molar-refractivity contribution is 6.05. The lowest BCUT2D eigenvalue weighted by atomic mass is 9.92. The number of hydrogen-bond acceptors (Lipinski definition) is 7. The molecule has 0 radical (unpaired) electrons. The molecule has 0 saturated heterocycles. The summed E-state index contributed by atoms with van der Waals surface area (Å²) >= 11 is 0. The van der Waals surface area contributed by atoms with Crippen molar-refractivity contribution in [2.24, 2.45) is 35.0 Å². The van der Waals surface area contributed by atoms with Gasteiger partial charge in [-0.1, -0.05) is 101 Å². The highest BCUT2D eigenvalue weighted by atomic mass is 16.2. The van der Waals surface area contributed by atoms with E-state index in [-0.39, 0.29) is 12.3 Å². The molecular formula is C35H50N6O5. The van der Waals surface area contributed by atoms with E-state index in [0.29, 0.717) is 6.42 Å². The Balaban J connectivity index is 2.61. The van der Waals surface area contributed by atoms with Gasteiger partial charge in [-0.05, 0) is 49.7 Å². The summed E-state index contributed by atoms with van der Waals surface area (Å²) in [6, 6.07) is 14.0. The first-order chi connectivity index (χ1) is 21.6. The van der Waals surface area contributed by atoms with Crippen LogP contribution < -0.4 is 27.8 Å². The van der Waals surface area contributed by atoms with Gasteiger partial charge in [0.2, 0.25) is 23.6 Å². The van der Waals surface area contributed by atoms with Crippen molar-refractivity contribution in [2.45, 2.75) is 84.6 Å². The van der Waals surface area contributed by atoms with Crippen LogP contribution in [0.4, 0.5) is 0 Å². The molecule has 0 aromatic heterocycles. The van der Waals surface area contributed by atoms with Crippen LogP contribution in [0.5, 0.6) is 0 Å². The fourth-order valence-electron chi connectivity index (χ4n) is 5.04. The van der Waals surface area contributed by atoms with Crippen molar-refractivity contribution in [2.75, 3.05) is 0 Å². The number of carbonyl (C=O) groups is 5. The highest BCUT2D eigenvalue weighted by Gasteiger charge is 2.42. The summed E-state index contributed by atoms with van der Waals surface area (Å²) in [7, 11) is 0. The molecule has 0 spiro atoms. The maximum absolute atomic E-state index is 14.6. The number of nitrogens with zero attached hydrogens (tertiary/aromatic N) is 1. The molecule has 2 rings (SSSR count). The third kappa shape index (κ3) is 11.2. The molecule has 6 atom stereocenters. The second-order valence-corrected chi connectivity index (χ2v) is 12.4. The van der Waals surface area contributed by atoms with Crippen LogP contribution in [0.3, 0.4) is 0 Å². The van der Waals surface area contributed by atoms with Crippen LogP contribution in [-0.2, 0) is 36.8 Å². The van der Waals surface area contributed by atoms with Crippen molar-refractivity contribution in [1.82, 2.24) is 15.5 Å². The Morgan fingerprint density at radius 2 is 1.22 bits per heavy atom.